The Kier molecular flexibility index (Phi) is 6.51. The summed E-state index contributed by atoms with van der Waals surface area (Å²) in [7, 11) is 1.67. The van der Waals surface area contributed by atoms with Gasteiger partial charge in [-0.3, -0.25) is 15.6 Å². The van der Waals surface area contributed by atoms with Gasteiger partial charge in [0.15, 0.2) is 0 Å². The van der Waals surface area contributed by atoms with Crippen LogP contribution in [0.4, 0.5) is 0 Å². The van der Waals surface area contributed by atoms with Crippen LogP contribution >= 0.6 is 0 Å². The molecular formula is C20H31N3O3. The average molecular weight is 361 g/mol. The maximum atomic E-state index is 13.0. The first-order valence-corrected chi connectivity index (χ1v) is 9.66. The molecule has 2 aliphatic rings. The second-order valence-electron chi connectivity index (χ2n) is 7.42. The number of nitrogens with one attached hydrogen (secondary N) is 2. The minimum atomic E-state index is -0.480. The van der Waals surface area contributed by atoms with Gasteiger partial charge in [0, 0.05) is 25.7 Å². The van der Waals surface area contributed by atoms with Gasteiger partial charge in [0.25, 0.3) is 0 Å². The molecule has 2 fully saturated rings. The summed E-state index contributed by atoms with van der Waals surface area (Å²) in [6.07, 6.45) is 3.70. The standard InChI is InChI=1S/C20H31N3O3/c1-3-26-19(24)20(13-16-6-4-7-18(12-16)25-2)9-5-11-23(15-20)14-17-8-10-21-22-17/h4,6-7,12,17,21-22H,3,5,8-11,13-15H2,1-2H3. The van der Waals surface area contributed by atoms with Crippen LogP contribution in [-0.4, -0.2) is 56.8 Å². The molecule has 3 rings (SSSR count). The summed E-state index contributed by atoms with van der Waals surface area (Å²) in [6.45, 7) is 6.06. The quantitative estimate of drug-likeness (QED) is 0.722. The van der Waals surface area contributed by atoms with Crippen LogP contribution in [0, 0.1) is 5.41 Å². The number of rotatable bonds is 7. The number of benzene rings is 1. The van der Waals surface area contributed by atoms with E-state index in [0.717, 1.165) is 56.8 Å². The highest BCUT2D eigenvalue weighted by molar-refractivity contribution is 5.78. The molecule has 0 saturated carbocycles. The molecule has 0 spiro atoms. The third-order valence-electron chi connectivity index (χ3n) is 5.44. The Labute approximate surface area is 156 Å². The summed E-state index contributed by atoms with van der Waals surface area (Å²) < 4.78 is 10.9. The number of carbonyl (C=O) groups excluding carboxylic acids is 1. The van der Waals surface area contributed by atoms with Gasteiger partial charge < -0.3 is 14.4 Å². The number of nitrogens with zero attached hydrogens (tertiary/aromatic N) is 1. The van der Waals surface area contributed by atoms with Crippen molar-refractivity contribution in [3.63, 3.8) is 0 Å². The fourth-order valence-electron chi connectivity index (χ4n) is 4.21. The largest absolute Gasteiger partial charge is 0.497 e. The van der Waals surface area contributed by atoms with Gasteiger partial charge >= 0.3 is 5.97 Å². The molecule has 6 heteroatoms. The van der Waals surface area contributed by atoms with Crippen molar-refractivity contribution in [2.45, 2.75) is 38.6 Å². The molecule has 2 saturated heterocycles. The molecule has 0 aliphatic carbocycles. The number of hydrogen-bond donors (Lipinski definition) is 2. The Morgan fingerprint density at radius 3 is 3.04 bits per heavy atom. The number of hydrogen-bond acceptors (Lipinski definition) is 6. The monoisotopic (exact) mass is 361 g/mol. The number of hydrazine groups is 1. The second kappa shape index (κ2) is 8.84. The normalized spacial score (nSPS) is 26.6. The van der Waals surface area contributed by atoms with E-state index in [1.54, 1.807) is 7.11 Å². The Hall–Kier alpha value is -1.63. The van der Waals surface area contributed by atoms with E-state index in [2.05, 4.69) is 21.8 Å². The zero-order valence-corrected chi connectivity index (χ0v) is 15.9. The maximum Gasteiger partial charge on any atom is 0.313 e. The van der Waals surface area contributed by atoms with Gasteiger partial charge in [-0.2, -0.15) is 0 Å². The Bertz CT molecular complexity index is 604. The molecule has 2 aliphatic heterocycles. The van der Waals surface area contributed by atoms with E-state index >= 15 is 0 Å². The van der Waals surface area contributed by atoms with Crippen molar-refractivity contribution in [3.05, 3.63) is 29.8 Å². The lowest BCUT2D eigenvalue weighted by molar-refractivity contribution is -0.159. The van der Waals surface area contributed by atoms with Crippen molar-refractivity contribution in [1.29, 1.82) is 0 Å². The van der Waals surface area contributed by atoms with Crippen LogP contribution in [0.15, 0.2) is 24.3 Å². The molecule has 2 atom stereocenters. The molecule has 1 aromatic carbocycles. The summed E-state index contributed by atoms with van der Waals surface area (Å²) in [4.78, 5) is 15.4. The molecule has 2 heterocycles. The molecule has 0 bridgehead atoms. The van der Waals surface area contributed by atoms with Crippen LogP contribution in [0.1, 0.15) is 31.7 Å². The van der Waals surface area contributed by atoms with Crippen molar-refractivity contribution < 1.29 is 14.3 Å². The Morgan fingerprint density at radius 2 is 2.31 bits per heavy atom. The molecule has 2 unspecified atom stereocenters. The van der Waals surface area contributed by atoms with E-state index in [0.29, 0.717) is 19.1 Å². The van der Waals surface area contributed by atoms with Crippen LogP contribution in [-0.2, 0) is 16.0 Å². The summed E-state index contributed by atoms with van der Waals surface area (Å²) in [5.74, 6) is 0.764. The third kappa shape index (κ3) is 4.55. The van der Waals surface area contributed by atoms with Crippen LogP contribution in [0.5, 0.6) is 5.75 Å². The summed E-state index contributed by atoms with van der Waals surface area (Å²) in [5, 5.41) is 0. The van der Waals surface area contributed by atoms with Gasteiger partial charge in [-0.15, -0.1) is 0 Å². The van der Waals surface area contributed by atoms with Gasteiger partial charge in [0.2, 0.25) is 0 Å². The SMILES string of the molecule is CCOC(=O)C1(Cc2cccc(OC)c2)CCCN(CC2CCNN2)C1. The molecule has 2 N–H and O–H groups in total. The van der Waals surface area contributed by atoms with Gasteiger partial charge in [-0.1, -0.05) is 12.1 Å². The van der Waals surface area contributed by atoms with Crippen molar-refractivity contribution in [2.75, 3.05) is 39.9 Å². The summed E-state index contributed by atoms with van der Waals surface area (Å²) >= 11 is 0. The number of ether oxygens (including phenoxy) is 2. The molecule has 0 aromatic heterocycles. The van der Waals surface area contributed by atoms with Gasteiger partial charge in [0.1, 0.15) is 5.75 Å². The van der Waals surface area contributed by atoms with Crippen LogP contribution in [0.3, 0.4) is 0 Å². The lowest BCUT2D eigenvalue weighted by atomic mass is 9.75. The minimum Gasteiger partial charge on any atom is -0.497 e. The fourth-order valence-corrected chi connectivity index (χ4v) is 4.21. The predicted octanol–water partition coefficient (Wildman–Crippen LogP) is 1.75. The van der Waals surface area contributed by atoms with E-state index in [1.165, 1.54) is 0 Å². The molecule has 144 valence electrons. The van der Waals surface area contributed by atoms with E-state index in [4.69, 9.17) is 9.47 Å². The molecule has 0 radical (unpaired) electrons. The molecule has 1 aromatic rings. The first kappa shape index (κ1) is 19.1. The number of methoxy groups -OCH3 is 1. The highest BCUT2D eigenvalue weighted by Crippen LogP contribution is 2.36. The third-order valence-corrected chi connectivity index (χ3v) is 5.44. The smallest absolute Gasteiger partial charge is 0.313 e. The van der Waals surface area contributed by atoms with E-state index in [1.807, 2.05) is 25.1 Å². The number of esters is 1. The number of likely N-dealkylation sites (tertiary alicyclic amines) is 1. The first-order valence-electron chi connectivity index (χ1n) is 9.66. The zero-order valence-electron chi connectivity index (χ0n) is 15.9. The minimum absolute atomic E-state index is 0.0648. The molecule has 26 heavy (non-hydrogen) atoms. The van der Waals surface area contributed by atoms with Crippen molar-refractivity contribution in [2.24, 2.45) is 5.41 Å². The zero-order chi connectivity index (χ0) is 18.4. The Balaban J connectivity index is 1.77. The lowest BCUT2D eigenvalue weighted by Gasteiger charge is -2.42. The van der Waals surface area contributed by atoms with Crippen LogP contribution in [0.2, 0.25) is 0 Å². The highest BCUT2D eigenvalue weighted by Gasteiger charge is 2.44. The number of piperidine rings is 1. The Morgan fingerprint density at radius 1 is 1.42 bits per heavy atom. The highest BCUT2D eigenvalue weighted by atomic mass is 16.5. The molecule has 0 amide bonds. The van der Waals surface area contributed by atoms with Crippen molar-refractivity contribution in [3.8, 4) is 5.75 Å². The maximum absolute atomic E-state index is 13.0. The topological polar surface area (TPSA) is 62.8 Å². The second-order valence-corrected chi connectivity index (χ2v) is 7.42. The lowest BCUT2D eigenvalue weighted by Crippen LogP contribution is -2.52. The fraction of sp³-hybridized carbons (Fsp3) is 0.650. The van der Waals surface area contributed by atoms with Crippen molar-refractivity contribution >= 4 is 5.97 Å². The van der Waals surface area contributed by atoms with E-state index < -0.39 is 5.41 Å². The van der Waals surface area contributed by atoms with E-state index in [-0.39, 0.29) is 5.97 Å². The molecule has 6 nitrogen and oxygen atoms in total. The first-order chi connectivity index (χ1) is 12.6. The summed E-state index contributed by atoms with van der Waals surface area (Å²) in [5.41, 5.74) is 7.17. The van der Waals surface area contributed by atoms with E-state index in [9.17, 15) is 4.79 Å². The van der Waals surface area contributed by atoms with Crippen molar-refractivity contribution in [1.82, 2.24) is 15.8 Å². The van der Waals surface area contributed by atoms with Crippen LogP contribution < -0.4 is 15.6 Å². The summed E-state index contributed by atoms with van der Waals surface area (Å²) in [6, 6.07) is 8.48. The molecular weight excluding hydrogens is 330 g/mol. The van der Waals surface area contributed by atoms with Gasteiger partial charge in [0.05, 0.1) is 19.1 Å². The van der Waals surface area contributed by atoms with Gasteiger partial charge in [-0.05, 0) is 56.8 Å². The predicted molar refractivity (Wildman–Crippen MR) is 101 cm³/mol. The number of carbonyl (C=O) groups is 1. The van der Waals surface area contributed by atoms with Gasteiger partial charge in [-0.25, -0.2) is 0 Å². The van der Waals surface area contributed by atoms with Crippen LogP contribution in [0.25, 0.3) is 0 Å². The average Bonchev–Trinajstić information content (AvgIpc) is 3.15.